The summed E-state index contributed by atoms with van der Waals surface area (Å²) in [5, 5.41) is 10.0. The lowest BCUT2D eigenvalue weighted by Gasteiger charge is -2.29. The number of carboxylic acid groups (broad SMARTS) is 1. The number of carboxylic acids is 1. The van der Waals surface area contributed by atoms with Crippen LogP contribution in [0.1, 0.15) is 31.4 Å². The van der Waals surface area contributed by atoms with Gasteiger partial charge in [0.25, 0.3) is 0 Å². The number of hydrogen-bond acceptors (Lipinski definition) is 3. The van der Waals surface area contributed by atoms with E-state index in [0.717, 1.165) is 11.1 Å². The molecule has 25 heavy (non-hydrogen) atoms. The van der Waals surface area contributed by atoms with Gasteiger partial charge in [0.1, 0.15) is 0 Å². The summed E-state index contributed by atoms with van der Waals surface area (Å²) in [7, 11) is 0. The second kappa shape index (κ2) is 8.47. The smallest absolute Gasteiger partial charge is 0.324 e. The van der Waals surface area contributed by atoms with Gasteiger partial charge in [0.2, 0.25) is 0 Å². The Bertz CT molecular complexity index is 653. The van der Waals surface area contributed by atoms with Gasteiger partial charge in [-0.2, -0.15) is 0 Å². The summed E-state index contributed by atoms with van der Waals surface area (Å²) in [6, 6.07) is 18.4. The summed E-state index contributed by atoms with van der Waals surface area (Å²) in [6.07, 6.45) is 0.497. The Morgan fingerprint density at radius 2 is 1.40 bits per heavy atom. The lowest BCUT2D eigenvalue weighted by Crippen LogP contribution is -2.45. The van der Waals surface area contributed by atoms with Gasteiger partial charge in [-0.3, -0.25) is 9.59 Å². The van der Waals surface area contributed by atoms with Crippen LogP contribution in [0, 0.1) is 5.41 Å². The van der Waals surface area contributed by atoms with Crippen LogP contribution >= 0.6 is 0 Å². The number of rotatable bonds is 8. The maximum Gasteiger partial charge on any atom is 0.324 e. The van der Waals surface area contributed by atoms with Gasteiger partial charge in [0.05, 0.1) is 6.10 Å². The van der Waals surface area contributed by atoms with Crippen LogP contribution in [0.2, 0.25) is 0 Å². The predicted molar refractivity (Wildman–Crippen MR) is 96.2 cm³/mol. The van der Waals surface area contributed by atoms with Gasteiger partial charge in [-0.25, -0.2) is 0 Å². The van der Waals surface area contributed by atoms with Crippen LogP contribution in [0.4, 0.5) is 0 Å². The van der Waals surface area contributed by atoms with Crippen LogP contribution in [0.3, 0.4) is 0 Å². The van der Waals surface area contributed by atoms with E-state index in [-0.39, 0.29) is 18.9 Å². The van der Waals surface area contributed by atoms with Crippen molar-refractivity contribution in [1.29, 1.82) is 0 Å². The maximum absolute atomic E-state index is 12.9. The maximum atomic E-state index is 12.9. The van der Waals surface area contributed by atoms with Crippen LogP contribution in [0.5, 0.6) is 0 Å². The van der Waals surface area contributed by atoms with E-state index < -0.39 is 17.4 Å². The van der Waals surface area contributed by atoms with E-state index in [9.17, 15) is 14.7 Å². The zero-order chi connectivity index (χ0) is 18.3. The molecule has 4 nitrogen and oxygen atoms in total. The minimum absolute atomic E-state index is 0.0906. The van der Waals surface area contributed by atoms with Crippen LogP contribution in [-0.2, 0) is 27.2 Å². The fourth-order valence-corrected chi connectivity index (χ4v) is 2.71. The average molecular weight is 340 g/mol. The van der Waals surface area contributed by atoms with Gasteiger partial charge in [-0.05, 0) is 37.3 Å². The quantitative estimate of drug-likeness (QED) is 0.585. The highest BCUT2D eigenvalue weighted by Gasteiger charge is 2.48. The molecule has 2 aromatic carbocycles. The summed E-state index contributed by atoms with van der Waals surface area (Å²) in [4.78, 5) is 25.1. The lowest BCUT2D eigenvalue weighted by molar-refractivity contribution is -0.172. The Kier molecular flexibility index (Phi) is 6.34. The summed E-state index contributed by atoms with van der Waals surface area (Å²) < 4.78 is 5.45. The van der Waals surface area contributed by atoms with E-state index in [2.05, 4.69) is 0 Å². The molecule has 4 heteroatoms. The molecule has 2 aromatic rings. The van der Waals surface area contributed by atoms with Gasteiger partial charge in [0.15, 0.2) is 5.41 Å². The lowest BCUT2D eigenvalue weighted by atomic mass is 9.76. The second-order valence-corrected chi connectivity index (χ2v) is 6.34. The van der Waals surface area contributed by atoms with Crippen molar-refractivity contribution in [3.8, 4) is 0 Å². The van der Waals surface area contributed by atoms with E-state index in [1.54, 1.807) is 6.92 Å². The largest absolute Gasteiger partial charge is 0.480 e. The third-order valence-corrected chi connectivity index (χ3v) is 4.38. The second-order valence-electron chi connectivity index (χ2n) is 6.34. The first kappa shape index (κ1) is 18.7. The number of aliphatic carboxylic acids is 1. The molecule has 2 rings (SSSR count). The first-order valence-corrected chi connectivity index (χ1v) is 8.50. The van der Waals surface area contributed by atoms with Gasteiger partial charge in [-0.1, -0.05) is 67.6 Å². The predicted octanol–water partition coefficient (Wildman–Crippen LogP) is 3.88. The highest BCUT2D eigenvalue weighted by Crippen LogP contribution is 2.31. The van der Waals surface area contributed by atoms with Gasteiger partial charge < -0.3 is 9.84 Å². The Labute approximate surface area is 148 Å². The molecule has 0 spiro atoms. The molecule has 0 radical (unpaired) electrons. The summed E-state index contributed by atoms with van der Waals surface area (Å²) in [5.41, 5.74) is -0.0598. The number of ether oxygens (including phenoxy) is 1. The van der Waals surface area contributed by atoms with E-state index >= 15 is 0 Å². The molecule has 0 saturated heterocycles. The molecule has 0 aliphatic carbocycles. The number of esters is 1. The molecule has 0 amide bonds. The number of carbonyl (C=O) groups is 2. The highest BCUT2D eigenvalue weighted by molar-refractivity contribution is 6.00. The average Bonchev–Trinajstić information content (AvgIpc) is 2.62. The fourth-order valence-electron chi connectivity index (χ4n) is 2.71. The zero-order valence-electron chi connectivity index (χ0n) is 14.6. The molecule has 0 bridgehead atoms. The summed E-state index contributed by atoms with van der Waals surface area (Å²) in [5.74, 6) is -1.84. The van der Waals surface area contributed by atoms with E-state index in [0.29, 0.717) is 6.42 Å². The van der Waals surface area contributed by atoms with Gasteiger partial charge in [0, 0.05) is 0 Å². The SMILES string of the molecule is CCC(C)OC(=O)C(Cc1ccccc1)(Cc1ccccc1)C(=O)O. The van der Waals surface area contributed by atoms with Crippen molar-refractivity contribution >= 4 is 11.9 Å². The Hall–Kier alpha value is -2.62. The molecule has 1 atom stereocenters. The standard InChI is InChI=1S/C21H24O4/c1-3-16(2)25-20(24)21(19(22)23,14-17-10-6-4-7-11-17)15-18-12-8-5-9-13-18/h4-13,16H,3,14-15H2,1-2H3,(H,22,23). The van der Waals surface area contributed by atoms with Crippen LogP contribution in [0.25, 0.3) is 0 Å². The van der Waals surface area contributed by atoms with Crippen molar-refractivity contribution < 1.29 is 19.4 Å². The molecular formula is C21H24O4. The van der Waals surface area contributed by atoms with Gasteiger partial charge in [-0.15, -0.1) is 0 Å². The minimum atomic E-state index is -1.65. The van der Waals surface area contributed by atoms with E-state index in [1.807, 2.05) is 67.6 Å². The molecule has 0 saturated carbocycles. The van der Waals surface area contributed by atoms with Crippen LogP contribution in [0.15, 0.2) is 60.7 Å². The molecule has 0 aliphatic rings. The Morgan fingerprint density at radius 3 is 1.76 bits per heavy atom. The number of carbonyl (C=O) groups excluding carboxylic acids is 1. The number of hydrogen-bond donors (Lipinski definition) is 1. The van der Waals surface area contributed by atoms with E-state index in [4.69, 9.17) is 4.74 Å². The molecule has 0 aliphatic heterocycles. The zero-order valence-corrected chi connectivity index (χ0v) is 14.6. The topological polar surface area (TPSA) is 63.6 Å². The van der Waals surface area contributed by atoms with Crippen molar-refractivity contribution in [3.63, 3.8) is 0 Å². The first-order chi connectivity index (χ1) is 12.0. The van der Waals surface area contributed by atoms with Crippen molar-refractivity contribution in [1.82, 2.24) is 0 Å². The van der Waals surface area contributed by atoms with Crippen molar-refractivity contribution in [2.45, 2.75) is 39.2 Å². The molecule has 1 N–H and O–H groups in total. The van der Waals surface area contributed by atoms with Crippen molar-refractivity contribution in [2.75, 3.05) is 0 Å². The molecular weight excluding hydrogens is 316 g/mol. The number of benzene rings is 2. The Balaban J connectivity index is 2.42. The summed E-state index contributed by atoms with van der Waals surface area (Å²) >= 11 is 0. The molecule has 0 aromatic heterocycles. The van der Waals surface area contributed by atoms with Gasteiger partial charge >= 0.3 is 11.9 Å². The molecule has 0 fully saturated rings. The monoisotopic (exact) mass is 340 g/mol. The molecule has 0 heterocycles. The third kappa shape index (κ3) is 4.69. The highest BCUT2D eigenvalue weighted by atomic mass is 16.5. The Morgan fingerprint density at radius 1 is 0.960 bits per heavy atom. The first-order valence-electron chi connectivity index (χ1n) is 8.50. The normalized spacial score (nSPS) is 12.4. The summed E-state index contributed by atoms with van der Waals surface area (Å²) in [6.45, 7) is 3.67. The van der Waals surface area contributed by atoms with Crippen LogP contribution < -0.4 is 0 Å². The van der Waals surface area contributed by atoms with Crippen LogP contribution in [-0.4, -0.2) is 23.1 Å². The van der Waals surface area contributed by atoms with E-state index in [1.165, 1.54) is 0 Å². The third-order valence-electron chi connectivity index (χ3n) is 4.38. The van der Waals surface area contributed by atoms with Crippen molar-refractivity contribution in [2.24, 2.45) is 5.41 Å². The molecule has 132 valence electrons. The molecule has 1 unspecified atom stereocenters. The van der Waals surface area contributed by atoms with Crippen molar-refractivity contribution in [3.05, 3.63) is 71.8 Å². The minimum Gasteiger partial charge on any atom is -0.480 e. The fraction of sp³-hybridized carbons (Fsp3) is 0.333.